The highest BCUT2D eigenvalue weighted by atomic mass is 16.5. The number of carbonyl (C=O) groups is 1. The van der Waals surface area contributed by atoms with E-state index in [1.807, 2.05) is 29.2 Å². The fourth-order valence-corrected chi connectivity index (χ4v) is 2.69. The van der Waals surface area contributed by atoms with Crippen molar-refractivity contribution in [2.24, 2.45) is 11.7 Å². The van der Waals surface area contributed by atoms with E-state index in [2.05, 4.69) is 18.7 Å². The minimum absolute atomic E-state index is 0.0721. The van der Waals surface area contributed by atoms with Crippen LogP contribution < -0.4 is 10.5 Å². The molecule has 1 saturated heterocycles. The molecule has 1 heterocycles. The van der Waals surface area contributed by atoms with Crippen LogP contribution in [0.3, 0.4) is 0 Å². The smallest absolute Gasteiger partial charge is 0.257 e. The number of piperazine rings is 1. The molecule has 0 aliphatic carbocycles. The van der Waals surface area contributed by atoms with E-state index in [0.29, 0.717) is 23.8 Å². The van der Waals surface area contributed by atoms with Crippen molar-refractivity contribution >= 4 is 5.91 Å². The predicted octanol–water partition coefficient (Wildman–Crippen LogP) is 1.83. The third kappa shape index (κ3) is 5.22. The van der Waals surface area contributed by atoms with Crippen LogP contribution in [0, 0.1) is 5.92 Å². The van der Waals surface area contributed by atoms with Gasteiger partial charge in [0.15, 0.2) is 0 Å². The number of rotatable bonds is 7. The Labute approximate surface area is 139 Å². The molecule has 5 heteroatoms. The summed E-state index contributed by atoms with van der Waals surface area (Å²) in [6.07, 6.45) is 1.01. The average molecular weight is 319 g/mol. The molecule has 1 aromatic rings. The van der Waals surface area contributed by atoms with Gasteiger partial charge in [-0.1, -0.05) is 26.0 Å². The van der Waals surface area contributed by atoms with E-state index in [9.17, 15) is 4.79 Å². The second-order valence-electron chi connectivity index (χ2n) is 6.48. The van der Waals surface area contributed by atoms with Crippen LogP contribution >= 0.6 is 0 Å². The minimum Gasteiger partial charge on any atom is -0.492 e. The Morgan fingerprint density at radius 2 is 1.91 bits per heavy atom. The summed E-state index contributed by atoms with van der Waals surface area (Å²) in [5.41, 5.74) is 6.23. The Kier molecular flexibility index (Phi) is 6.86. The fraction of sp³-hybridized carbons (Fsp3) is 0.611. The van der Waals surface area contributed by atoms with Gasteiger partial charge in [0, 0.05) is 26.2 Å². The maximum atomic E-state index is 12.8. The van der Waals surface area contributed by atoms with Crippen molar-refractivity contribution < 1.29 is 9.53 Å². The summed E-state index contributed by atoms with van der Waals surface area (Å²) in [4.78, 5) is 17.1. The molecule has 1 aliphatic rings. The molecule has 0 bridgehead atoms. The number of carbonyl (C=O) groups excluding carboxylic acids is 1. The van der Waals surface area contributed by atoms with Crippen LogP contribution in [0.5, 0.6) is 5.75 Å². The van der Waals surface area contributed by atoms with Crippen LogP contribution in [0.1, 0.15) is 30.6 Å². The molecule has 0 saturated carbocycles. The van der Waals surface area contributed by atoms with E-state index >= 15 is 0 Å². The highest BCUT2D eigenvalue weighted by molar-refractivity contribution is 5.97. The molecule has 1 aromatic carbocycles. The SMILES string of the molecule is CC(C)COc1ccccc1C(=O)N1CCN(CCCN)CC1. The van der Waals surface area contributed by atoms with Gasteiger partial charge in [0.2, 0.25) is 0 Å². The first-order valence-corrected chi connectivity index (χ1v) is 8.55. The van der Waals surface area contributed by atoms with Crippen LogP contribution in [-0.4, -0.2) is 61.6 Å². The van der Waals surface area contributed by atoms with E-state index in [-0.39, 0.29) is 5.91 Å². The summed E-state index contributed by atoms with van der Waals surface area (Å²) >= 11 is 0. The topological polar surface area (TPSA) is 58.8 Å². The Hall–Kier alpha value is -1.59. The Morgan fingerprint density at radius 3 is 2.57 bits per heavy atom. The number of hydrogen-bond acceptors (Lipinski definition) is 4. The lowest BCUT2D eigenvalue weighted by Gasteiger charge is -2.35. The first-order valence-electron chi connectivity index (χ1n) is 8.55. The summed E-state index contributed by atoms with van der Waals surface area (Å²) in [5.74, 6) is 1.20. The van der Waals surface area contributed by atoms with Gasteiger partial charge < -0.3 is 15.4 Å². The predicted molar refractivity (Wildman–Crippen MR) is 92.8 cm³/mol. The number of nitrogens with two attached hydrogens (primary N) is 1. The summed E-state index contributed by atoms with van der Waals surface area (Å²) in [6, 6.07) is 7.55. The van der Waals surface area contributed by atoms with Crippen molar-refractivity contribution in [1.29, 1.82) is 0 Å². The summed E-state index contributed by atoms with van der Waals surface area (Å²) in [5, 5.41) is 0. The molecule has 128 valence electrons. The molecule has 5 nitrogen and oxygen atoms in total. The molecule has 0 spiro atoms. The quantitative estimate of drug-likeness (QED) is 0.833. The van der Waals surface area contributed by atoms with Crippen LogP contribution in [-0.2, 0) is 0 Å². The first kappa shape index (κ1) is 17.8. The molecule has 2 N–H and O–H groups in total. The van der Waals surface area contributed by atoms with E-state index in [0.717, 1.165) is 45.7 Å². The molecular weight excluding hydrogens is 290 g/mol. The molecule has 0 atom stereocenters. The van der Waals surface area contributed by atoms with Crippen molar-refractivity contribution in [3.8, 4) is 5.75 Å². The largest absolute Gasteiger partial charge is 0.492 e. The van der Waals surface area contributed by atoms with Crippen molar-refractivity contribution in [3.63, 3.8) is 0 Å². The third-order valence-electron chi connectivity index (χ3n) is 4.03. The van der Waals surface area contributed by atoms with Crippen molar-refractivity contribution in [2.45, 2.75) is 20.3 Å². The van der Waals surface area contributed by atoms with Crippen LogP contribution in [0.2, 0.25) is 0 Å². The normalized spacial score (nSPS) is 15.9. The zero-order valence-corrected chi connectivity index (χ0v) is 14.3. The zero-order chi connectivity index (χ0) is 16.7. The molecule has 0 radical (unpaired) electrons. The maximum Gasteiger partial charge on any atom is 0.257 e. The van der Waals surface area contributed by atoms with Gasteiger partial charge in [0.25, 0.3) is 5.91 Å². The van der Waals surface area contributed by atoms with Crippen molar-refractivity contribution in [2.75, 3.05) is 45.9 Å². The van der Waals surface area contributed by atoms with Crippen LogP contribution in [0.25, 0.3) is 0 Å². The second kappa shape index (κ2) is 8.89. The van der Waals surface area contributed by atoms with Gasteiger partial charge in [0.05, 0.1) is 12.2 Å². The Balaban J connectivity index is 1.96. The van der Waals surface area contributed by atoms with Crippen LogP contribution in [0.15, 0.2) is 24.3 Å². The average Bonchev–Trinajstić information content (AvgIpc) is 2.58. The Morgan fingerprint density at radius 1 is 1.22 bits per heavy atom. The molecule has 0 unspecified atom stereocenters. The number of benzene rings is 1. The van der Waals surface area contributed by atoms with E-state index in [4.69, 9.17) is 10.5 Å². The van der Waals surface area contributed by atoms with Crippen molar-refractivity contribution in [3.05, 3.63) is 29.8 Å². The molecule has 2 rings (SSSR count). The van der Waals surface area contributed by atoms with Gasteiger partial charge in [-0.25, -0.2) is 0 Å². The van der Waals surface area contributed by atoms with Gasteiger partial charge in [0.1, 0.15) is 5.75 Å². The maximum absolute atomic E-state index is 12.8. The lowest BCUT2D eigenvalue weighted by molar-refractivity contribution is 0.0632. The standard InChI is InChI=1S/C18H29N3O2/c1-15(2)14-23-17-7-4-3-6-16(17)18(22)21-12-10-20(11-13-21)9-5-8-19/h3-4,6-7,15H,5,8-14,19H2,1-2H3. The molecule has 0 aromatic heterocycles. The highest BCUT2D eigenvalue weighted by Crippen LogP contribution is 2.21. The van der Waals surface area contributed by atoms with E-state index < -0.39 is 0 Å². The van der Waals surface area contributed by atoms with Crippen LogP contribution in [0.4, 0.5) is 0 Å². The third-order valence-corrected chi connectivity index (χ3v) is 4.03. The Bertz CT molecular complexity index is 497. The van der Waals surface area contributed by atoms with Gasteiger partial charge in [-0.15, -0.1) is 0 Å². The molecule has 23 heavy (non-hydrogen) atoms. The molecule has 1 fully saturated rings. The summed E-state index contributed by atoms with van der Waals surface area (Å²) in [7, 11) is 0. The van der Waals surface area contributed by atoms with Gasteiger partial charge in [-0.3, -0.25) is 9.69 Å². The van der Waals surface area contributed by atoms with Gasteiger partial charge in [-0.05, 0) is 37.6 Å². The first-order chi connectivity index (χ1) is 11.1. The monoisotopic (exact) mass is 319 g/mol. The number of amides is 1. The molecule has 1 aliphatic heterocycles. The second-order valence-corrected chi connectivity index (χ2v) is 6.48. The molecule has 1 amide bonds. The molecular formula is C18H29N3O2. The highest BCUT2D eigenvalue weighted by Gasteiger charge is 2.23. The number of hydrogen-bond donors (Lipinski definition) is 1. The van der Waals surface area contributed by atoms with Gasteiger partial charge in [-0.2, -0.15) is 0 Å². The lowest BCUT2D eigenvalue weighted by Crippen LogP contribution is -2.49. The van der Waals surface area contributed by atoms with E-state index in [1.165, 1.54) is 0 Å². The lowest BCUT2D eigenvalue weighted by atomic mass is 10.1. The number of ether oxygens (including phenoxy) is 1. The van der Waals surface area contributed by atoms with Crippen molar-refractivity contribution in [1.82, 2.24) is 9.80 Å². The fourth-order valence-electron chi connectivity index (χ4n) is 2.69. The zero-order valence-electron chi connectivity index (χ0n) is 14.3. The number of para-hydroxylation sites is 1. The summed E-state index contributed by atoms with van der Waals surface area (Å²) < 4.78 is 5.81. The van der Waals surface area contributed by atoms with Gasteiger partial charge >= 0.3 is 0 Å². The van der Waals surface area contributed by atoms with E-state index in [1.54, 1.807) is 0 Å². The number of nitrogens with zero attached hydrogens (tertiary/aromatic N) is 2. The summed E-state index contributed by atoms with van der Waals surface area (Å²) in [6.45, 7) is 9.94. The minimum atomic E-state index is 0.0721.